The van der Waals surface area contributed by atoms with E-state index < -0.39 is 0 Å². The van der Waals surface area contributed by atoms with Gasteiger partial charge in [0.1, 0.15) is 6.33 Å². The lowest BCUT2D eigenvalue weighted by molar-refractivity contribution is 0.863. The number of nitrogens with one attached hydrogen (secondary N) is 1. The van der Waals surface area contributed by atoms with Crippen molar-refractivity contribution in [3.63, 3.8) is 0 Å². The second-order valence-electron chi connectivity index (χ2n) is 5.62. The van der Waals surface area contributed by atoms with Crippen molar-refractivity contribution in [1.29, 1.82) is 0 Å². The van der Waals surface area contributed by atoms with Crippen LogP contribution in [0.4, 0.5) is 11.4 Å². The lowest BCUT2D eigenvalue weighted by Gasteiger charge is -2.15. The van der Waals surface area contributed by atoms with Gasteiger partial charge in [-0.15, -0.1) is 0 Å². The Labute approximate surface area is 157 Å². The molecular formula is C19H18Cl2N4. The van der Waals surface area contributed by atoms with E-state index in [9.17, 15) is 0 Å². The molecule has 4 nitrogen and oxygen atoms in total. The van der Waals surface area contributed by atoms with Crippen LogP contribution in [0.1, 0.15) is 12.0 Å². The zero-order chi connectivity index (χ0) is 17.6. The van der Waals surface area contributed by atoms with Crippen LogP contribution in [0.3, 0.4) is 0 Å². The maximum Gasteiger partial charge on any atom is 0.116 e. The molecule has 0 saturated heterocycles. The summed E-state index contributed by atoms with van der Waals surface area (Å²) in [5, 5.41) is 4.23. The third-order valence-corrected chi connectivity index (χ3v) is 4.59. The number of hydrogen-bond donors (Lipinski definition) is 2. The average Bonchev–Trinajstić information content (AvgIpc) is 2.65. The van der Waals surface area contributed by atoms with Gasteiger partial charge >= 0.3 is 0 Å². The summed E-state index contributed by atoms with van der Waals surface area (Å²) in [6, 6.07) is 13.9. The van der Waals surface area contributed by atoms with Gasteiger partial charge in [0.2, 0.25) is 0 Å². The third kappa shape index (κ3) is 4.21. The summed E-state index contributed by atoms with van der Waals surface area (Å²) in [4.78, 5) is 8.11. The second-order valence-corrected chi connectivity index (χ2v) is 6.40. The van der Waals surface area contributed by atoms with Crippen LogP contribution in [0, 0.1) is 0 Å². The number of benzene rings is 2. The molecule has 0 saturated carbocycles. The zero-order valence-electron chi connectivity index (χ0n) is 13.5. The Bertz CT molecular complexity index is 839. The van der Waals surface area contributed by atoms with Crippen LogP contribution in [0.2, 0.25) is 10.0 Å². The van der Waals surface area contributed by atoms with E-state index in [0.717, 1.165) is 19.4 Å². The summed E-state index contributed by atoms with van der Waals surface area (Å²) >= 11 is 12.8. The highest BCUT2D eigenvalue weighted by Crippen LogP contribution is 2.41. The molecule has 3 rings (SSSR count). The minimum absolute atomic E-state index is 0.417. The average molecular weight is 373 g/mol. The first kappa shape index (κ1) is 17.5. The highest BCUT2D eigenvalue weighted by molar-refractivity contribution is 6.41. The maximum absolute atomic E-state index is 6.43. The molecule has 3 aromatic rings. The number of nitrogen functional groups attached to an aromatic ring is 1. The number of hydrogen-bond acceptors (Lipinski definition) is 4. The van der Waals surface area contributed by atoms with Crippen molar-refractivity contribution in [2.45, 2.75) is 12.8 Å². The van der Waals surface area contributed by atoms with Crippen molar-refractivity contribution >= 4 is 34.6 Å². The van der Waals surface area contributed by atoms with Gasteiger partial charge in [0.05, 0.1) is 27.1 Å². The minimum atomic E-state index is 0.417. The lowest BCUT2D eigenvalue weighted by Crippen LogP contribution is -2.06. The quantitative estimate of drug-likeness (QED) is 0.467. The zero-order valence-corrected chi connectivity index (χ0v) is 15.1. The molecule has 0 amide bonds. The van der Waals surface area contributed by atoms with Crippen LogP contribution in [0.25, 0.3) is 11.3 Å². The lowest BCUT2D eigenvalue weighted by atomic mass is 10.1. The van der Waals surface area contributed by atoms with Gasteiger partial charge in [-0.3, -0.25) is 0 Å². The van der Waals surface area contributed by atoms with Crippen LogP contribution >= 0.6 is 23.2 Å². The molecule has 0 radical (unpaired) electrons. The van der Waals surface area contributed by atoms with E-state index in [-0.39, 0.29) is 0 Å². The molecule has 1 aromatic heterocycles. The van der Waals surface area contributed by atoms with E-state index in [2.05, 4.69) is 27.4 Å². The third-order valence-electron chi connectivity index (χ3n) is 3.90. The van der Waals surface area contributed by atoms with Crippen molar-refractivity contribution in [2.75, 3.05) is 17.6 Å². The summed E-state index contributed by atoms with van der Waals surface area (Å²) in [6.45, 7) is 0.751. The Hall–Kier alpha value is -2.30. The van der Waals surface area contributed by atoms with Crippen LogP contribution < -0.4 is 11.1 Å². The van der Waals surface area contributed by atoms with Gasteiger partial charge in [-0.25, -0.2) is 9.97 Å². The first-order valence-corrected chi connectivity index (χ1v) is 8.74. The van der Waals surface area contributed by atoms with Crippen LogP contribution in [-0.2, 0) is 6.42 Å². The summed E-state index contributed by atoms with van der Waals surface area (Å²) in [5.74, 6) is 0. The largest absolute Gasteiger partial charge is 0.397 e. The topological polar surface area (TPSA) is 63.8 Å². The standard InChI is InChI=1S/C19H18Cl2N4/c20-15-11-14(16-8-10-23-12-25-16)18(22)17(21)19(15)24-9-4-7-13-5-2-1-3-6-13/h1-3,5-6,8,10-12,24H,4,7,9,22H2. The highest BCUT2D eigenvalue weighted by Gasteiger charge is 2.15. The van der Waals surface area contributed by atoms with Crippen molar-refractivity contribution in [3.8, 4) is 11.3 Å². The monoisotopic (exact) mass is 372 g/mol. The molecule has 128 valence electrons. The molecule has 0 bridgehead atoms. The molecule has 0 spiro atoms. The Morgan fingerprint density at radius 2 is 1.88 bits per heavy atom. The molecule has 0 atom stereocenters. The normalized spacial score (nSPS) is 10.6. The van der Waals surface area contributed by atoms with Gasteiger partial charge in [-0.1, -0.05) is 53.5 Å². The number of aromatic nitrogens is 2. The first-order valence-electron chi connectivity index (χ1n) is 7.98. The van der Waals surface area contributed by atoms with E-state index in [1.165, 1.54) is 11.9 Å². The van der Waals surface area contributed by atoms with Crippen LogP contribution in [0.5, 0.6) is 0 Å². The Morgan fingerprint density at radius 1 is 1.08 bits per heavy atom. The molecule has 0 aliphatic rings. The molecule has 6 heteroatoms. The fraction of sp³-hybridized carbons (Fsp3) is 0.158. The number of aryl methyl sites for hydroxylation is 1. The first-order chi connectivity index (χ1) is 12.2. The van der Waals surface area contributed by atoms with Crippen molar-refractivity contribution in [3.05, 3.63) is 70.6 Å². The molecule has 2 aromatic carbocycles. The minimum Gasteiger partial charge on any atom is -0.397 e. The van der Waals surface area contributed by atoms with Gasteiger partial charge in [0.25, 0.3) is 0 Å². The van der Waals surface area contributed by atoms with E-state index in [4.69, 9.17) is 28.9 Å². The summed E-state index contributed by atoms with van der Waals surface area (Å²) in [6.07, 6.45) is 5.06. The number of nitrogens with zero attached hydrogens (tertiary/aromatic N) is 2. The Kier molecular flexibility index (Phi) is 5.74. The van der Waals surface area contributed by atoms with Crippen molar-refractivity contribution in [2.24, 2.45) is 0 Å². The fourth-order valence-electron chi connectivity index (χ4n) is 2.61. The predicted molar refractivity (Wildman–Crippen MR) is 105 cm³/mol. The predicted octanol–water partition coefficient (Wildman–Crippen LogP) is 5.08. The molecular weight excluding hydrogens is 355 g/mol. The molecule has 0 aliphatic heterocycles. The summed E-state index contributed by atoms with van der Waals surface area (Å²) < 4.78 is 0. The molecule has 0 fully saturated rings. The Balaban J connectivity index is 1.71. The van der Waals surface area contributed by atoms with E-state index in [1.807, 2.05) is 18.2 Å². The van der Waals surface area contributed by atoms with Crippen molar-refractivity contribution in [1.82, 2.24) is 9.97 Å². The highest BCUT2D eigenvalue weighted by atomic mass is 35.5. The second kappa shape index (κ2) is 8.19. The fourth-order valence-corrected chi connectivity index (χ4v) is 3.20. The van der Waals surface area contributed by atoms with E-state index >= 15 is 0 Å². The van der Waals surface area contributed by atoms with Crippen LogP contribution in [0.15, 0.2) is 55.0 Å². The summed E-state index contributed by atoms with van der Waals surface area (Å²) in [7, 11) is 0. The number of nitrogens with two attached hydrogens (primary N) is 1. The molecule has 0 aliphatic carbocycles. The van der Waals surface area contributed by atoms with Crippen LogP contribution in [-0.4, -0.2) is 16.5 Å². The number of rotatable bonds is 6. The van der Waals surface area contributed by atoms with Gasteiger partial charge < -0.3 is 11.1 Å². The van der Waals surface area contributed by atoms with E-state index in [1.54, 1.807) is 18.3 Å². The van der Waals surface area contributed by atoms with Gasteiger partial charge in [0, 0.05) is 18.3 Å². The number of anilines is 2. The molecule has 25 heavy (non-hydrogen) atoms. The SMILES string of the molecule is Nc1c(-c2ccncn2)cc(Cl)c(NCCCc2ccccc2)c1Cl. The Morgan fingerprint density at radius 3 is 2.60 bits per heavy atom. The molecule has 0 unspecified atom stereocenters. The maximum atomic E-state index is 6.43. The van der Waals surface area contributed by atoms with Crippen molar-refractivity contribution < 1.29 is 0 Å². The molecule has 3 N–H and O–H groups in total. The smallest absolute Gasteiger partial charge is 0.116 e. The van der Waals surface area contributed by atoms with Gasteiger partial charge in [-0.2, -0.15) is 0 Å². The van der Waals surface area contributed by atoms with Gasteiger partial charge in [-0.05, 0) is 30.5 Å². The summed E-state index contributed by atoms with van der Waals surface area (Å²) in [5.41, 5.74) is 10.00. The van der Waals surface area contributed by atoms with E-state index in [0.29, 0.717) is 32.7 Å². The number of halogens is 2. The van der Waals surface area contributed by atoms with Gasteiger partial charge in [0.15, 0.2) is 0 Å². The molecule has 1 heterocycles.